The van der Waals surface area contributed by atoms with Gasteiger partial charge in [0.05, 0.1) is 7.11 Å². The molecular weight excluding hydrogens is 377 g/mol. The van der Waals surface area contributed by atoms with E-state index in [1.807, 2.05) is 37.3 Å². The molecule has 0 unspecified atom stereocenters. The van der Waals surface area contributed by atoms with E-state index in [2.05, 4.69) is 5.32 Å². The highest BCUT2D eigenvalue weighted by molar-refractivity contribution is 7.17. The molecule has 28 heavy (non-hydrogen) atoms. The van der Waals surface area contributed by atoms with Gasteiger partial charge in [0, 0.05) is 16.9 Å². The Hall–Kier alpha value is -2.99. The number of amides is 1. The van der Waals surface area contributed by atoms with Crippen molar-refractivity contribution in [2.24, 2.45) is 0 Å². The molecule has 1 heterocycles. The normalized spacial score (nSPS) is 10.5. The van der Waals surface area contributed by atoms with Gasteiger partial charge in [-0.25, -0.2) is 9.18 Å². The van der Waals surface area contributed by atoms with Gasteiger partial charge in [-0.05, 0) is 36.6 Å². The van der Waals surface area contributed by atoms with Crippen LogP contribution in [0.25, 0.3) is 11.1 Å². The number of thiophene rings is 1. The number of carbonyl (C=O) groups is 2. The zero-order valence-corrected chi connectivity index (χ0v) is 16.4. The molecule has 0 aliphatic rings. The molecule has 2 aromatic carbocycles. The van der Waals surface area contributed by atoms with E-state index >= 15 is 0 Å². The number of hydrogen-bond acceptors (Lipinski definition) is 4. The Balaban J connectivity index is 1.86. The third kappa shape index (κ3) is 4.46. The lowest BCUT2D eigenvalue weighted by atomic mass is 10.0. The van der Waals surface area contributed by atoms with Crippen molar-refractivity contribution in [1.29, 1.82) is 0 Å². The van der Waals surface area contributed by atoms with Gasteiger partial charge in [0.25, 0.3) is 0 Å². The van der Waals surface area contributed by atoms with Crippen molar-refractivity contribution in [1.82, 2.24) is 0 Å². The summed E-state index contributed by atoms with van der Waals surface area (Å²) in [5.41, 5.74) is 2.71. The summed E-state index contributed by atoms with van der Waals surface area (Å²) < 4.78 is 18.2. The summed E-state index contributed by atoms with van der Waals surface area (Å²) in [6.07, 6.45) is 0.906. The van der Waals surface area contributed by atoms with Crippen LogP contribution >= 0.6 is 11.3 Å². The lowest BCUT2D eigenvalue weighted by Gasteiger charge is -2.08. The summed E-state index contributed by atoms with van der Waals surface area (Å²) in [6, 6.07) is 15.6. The first-order valence-corrected chi connectivity index (χ1v) is 9.62. The smallest absolute Gasteiger partial charge is 0.341 e. The van der Waals surface area contributed by atoms with Crippen molar-refractivity contribution in [3.63, 3.8) is 0 Å². The van der Waals surface area contributed by atoms with Gasteiger partial charge in [-0.1, -0.05) is 42.5 Å². The highest BCUT2D eigenvalue weighted by atomic mass is 32.1. The van der Waals surface area contributed by atoms with Gasteiger partial charge in [-0.15, -0.1) is 11.3 Å². The van der Waals surface area contributed by atoms with Crippen LogP contribution in [-0.4, -0.2) is 19.0 Å². The molecule has 0 aliphatic heterocycles. The van der Waals surface area contributed by atoms with Gasteiger partial charge in [0.1, 0.15) is 16.4 Å². The fourth-order valence-corrected chi connectivity index (χ4v) is 4.07. The van der Waals surface area contributed by atoms with Gasteiger partial charge < -0.3 is 10.1 Å². The van der Waals surface area contributed by atoms with Gasteiger partial charge in [-0.2, -0.15) is 0 Å². The number of aryl methyl sites for hydroxylation is 2. The van der Waals surface area contributed by atoms with E-state index in [-0.39, 0.29) is 11.7 Å². The number of carbonyl (C=O) groups excluding carboxylic acids is 2. The van der Waals surface area contributed by atoms with Crippen molar-refractivity contribution < 1.29 is 18.7 Å². The Kier molecular flexibility index (Phi) is 6.21. The van der Waals surface area contributed by atoms with Crippen LogP contribution in [0.5, 0.6) is 0 Å². The first-order chi connectivity index (χ1) is 13.5. The fourth-order valence-electron chi connectivity index (χ4n) is 2.99. The summed E-state index contributed by atoms with van der Waals surface area (Å²) in [5.74, 6) is -1.08. The summed E-state index contributed by atoms with van der Waals surface area (Å²) in [7, 11) is 1.30. The second-order valence-corrected chi connectivity index (χ2v) is 7.49. The Labute approximate surface area is 167 Å². The maximum absolute atomic E-state index is 13.3. The van der Waals surface area contributed by atoms with Crippen molar-refractivity contribution in [3.05, 3.63) is 76.4 Å². The van der Waals surface area contributed by atoms with Crippen molar-refractivity contribution in [2.45, 2.75) is 19.8 Å². The molecule has 3 aromatic rings. The molecule has 0 radical (unpaired) electrons. The predicted molar refractivity (Wildman–Crippen MR) is 109 cm³/mol. The minimum atomic E-state index is -0.540. The van der Waals surface area contributed by atoms with E-state index in [4.69, 9.17) is 4.74 Å². The molecule has 1 amide bonds. The molecule has 0 atom stereocenters. The molecule has 1 aromatic heterocycles. The van der Waals surface area contributed by atoms with Gasteiger partial charge >= 0.3 is 5.97 Å². The number of rotatable bonds is 6. The van der Waals surface area contributed by atoms with Crippen LogP contribution in [0.3, 0.4) is 0 Å². The number of hydrogen-bond donors (Lipinski definition) is 1. The van der Waals surface area contributed by atoms with Crippen LogP contribution in [0.15, 0.2) is 54.6 Å². The monoisotopic (exact) mass is 397 g/mol. The van der Waals surface area contributed by atoms with Crippen LogP contribution in [0.4, 0.5) is 9.39 Å². The zero-order chi connectivity index (χ0) is 20.1. The summed E-state index contributed by atoms with van der Waals surface area (Å²) in [4.78, 5) is 25.7. The molecule has 6 heteroatoms. The Morgan fingerprint density at radius 1 is 1.07 bits per heavy atom. The molecule has 144 valence electrons. The molecule has 1 N–H and O–H groups in total. The lowest BCUT2D eigenvalue weighted by Crippen LogP contribution is -2.14. The quantitative estimate of drug-likeness (QED) is 0.580. The van der Waals surface area contributed by atoms with Gasteiger partial charge in [0.15, 0.2) is 0 Å². The summed E-state index contributed by atoms with van der Waals surface area (Å²) in [6.45, 7) is 1.86. The Morgan fingerprint density at radius 2 is 1.75 bits per heavy atom. The van der Waals surface area contributed by atoms with E-state index in [1.165, 1.54) is 30.6 Å². The van der Waals surface area contributed by atoms with Gasteiger partial charge in [0.2, 0.25) is 5.91 Å². The van der Waals surface area contributed by atoms with Crippen LogP contribution in [0.1, 0.15) is 27.2 Å². The number of benzene rings is 2. The predicted octanol–water partition coefficient (Wildman–Crippen LogP) is 5.22. The van der Waals surface area contributed by atoms with E-state index in [9.17, 15) is 14.0 Å². The van der Waals surface area contributed by atoms with Crippen molar-refractivity contribution in [2.75, 3.05) is 12.4 Å². The zero-order valence-electron chi connectivity index (χ0n) is 15.6. The van der Waals surface area contributed by atoms with Crippen LogP contribution in [-0.2, 0) is 16.0 Å². The maximum Gasteiger partial charge on any atom is 0.341 e. The molecule has 0 spiro atoms. The second kappa shape index (κ2) is 8.80. The van der Waals surface area contributed by atoms with E-state index < -0.39 is 5.97 Å². The minimum absolute atomic E-state index is 0.180. The SMILES string of the molecule is COC(=O)c1c(NC(=O)CCc2ccccc2)sc(C)c1-c1ccc(F)cc1. The molecule has 0 bridgehead atoms. The molecule has 4 nitrogen and oxygen atoms in total. The van der Waals surface area contributed by atoms with E-state index in [1.54, 1.807) is 12.1 Å². The number of nitrogens with one attached hydrogen (secondary N) is 1. The third-order valence-corrected chi connectivity index (χ3v) is 5.36. The fraction of sp³-hybridized carbons (Fsp3) is 0.182. The van der Waals surface area contributed by atoms with Crippen LogP contribution < -0.4 is 5.32 Å². The topological polar surface area (TPSA) is 55.4 Å². The summed E-state index contributed by atoms with van der Waals surface area (Å²) in [5, 5.41) is 3.29. The first-order valence-electron chi connectivity index (χ1n) is 8.81. The number of esters is 1. The third-order valence-electron chi connectivity index (χ3n) is 4.34. The van der Waals surface area contributed by atoms with Gasteiger partial charge in [-0.3, -0.25) is 4.79 Å². The highest BCUT2D eigenvalue weighted by Crippen LogP contribution is 2.40. The molecule has 0 saturated heterocycles. The molecule has 3 rings (SSSR count). The van der Waals surface area contributed by atoms with E-state index in [0.29, 0.717) is 34.5 Å². The molecule has 0 fully saturated rings. The largest absolute Gasteiger partial charge is 0.465 e. The van der Waals surface area contributed by atoms with E-state index in [0.717, 1.165) is 10.4 Å². The number of anilines is 1. The lowest BCUT2D eigenvalue weighted by molar-refractivity contribution is -0.116. The molecule has 0 aliphatic carbocycles. The first kappa shape index (κ1) is 19.8. The average Bonchev–Trinajstić information content (AvgIpc) is 3.02. The number of ether oxygens (including phenoxy) is 1. The standard InChI is InChI=1S/C22H20FNO3S/c1-14-19(16-9-11-17(23)12-10-16)20(22(26)27-2)21(28-14)24-18(25)13-8-15-6-4-3-5-7-15/h3-7,9-12H,8,13H2,1-2H3,(H,24,25). The number of methoxy groups -OCH3 is 1. The second-order valence-electron chi connectivity index (χ2n) is 6.27. The minimum Gasteiger partial charge on any atom is -0.465 e. The molecular formula is C22H20FNO3S. The van der Waals surface area contributed by atoms with Crippen LogP contribution in [0.2, 0.25) is 0 Å². The summed E-state index contributed by atoms with van der Waals surface area (Å²) >= 11 is 1.31. The highest BCUT2D eigenvalue weighted by Gasteiger charge is 2.25. The average molecular weight is 397 g/mol. The maximum atomic E-state index is 13.3. The Bertz CT molecular complexity index is 981. The Morgan fingerprint density at radius 3 is 2.39 bits per heavy atom. The van der Waals surface area contributed by atoms with Crippen LogP contribution in [0, 0.1) is 12.7 Å². The number of halogens is 1. The molecule has 0 saturated carbocycles. The van der Waals surface area contributed by atoms with Crippen molar-refractivity contribution in [3.8, 4) is 11.1 Å². The van der Waals surface area contributed by atoms with Crippen molar-refractivity contribution >= 4 is 28.2 Å².